The van der Waals surface area contributed by atoms with E-state index in [0.29, 0.717) is 13.1 Å². The van der Waals surface area contributed by atoms with Gasteiger partial charge in [-0.2, -0.15) is 0 Å². The third-order valence-corrected chi connectivity index (χ3v) is 3.77. The van der Waals surface area contributed by atoms with Gasteiger partial charge in [-0.15, -0.1) is 0 Å². The summed E-state index contributed by atoms with van der Waals surface area (Å²) in [7, 11) is 5.61. The van der Waals surface area contributed by atoms with Crippen LogP contribution in [0.5, 0.6) is 0 Å². The van der Waals surface area contributed by atoms with Crippen LogP contribution in [-0.2, 0) is 20.1 Å². The Morgan fingerprint density at radius 2 is 1.90 bits per heavy atom. The fourth-order valence-electron chi connectivity index (χ4n) is 2.54. The third-order valence-electron chi connectivity index (χ3n) is 3.77. The Morgan fingerprint density at radius 1 is 1.19 bits per heavy atom. The van der Waals surface area contributed by atoms with Crippen LogP contribution in [0.3, 0.4) is 0 Å². The van der Waals surface area contributed by atoms with Gasteiger partial charge in [0, 0.05) is 33.5 Å². The molecule has 3 heterocycles. The molecule has 0 aromatic carbocycles. The quantitative estimate of drug-likeness (QED) is 0.799. The summed E-state index contributed by atoms with van der Waals surface area (Å²) in [6.07, 6.45) is 3.34. The number of aryl methyl sites for hydroxylation is 1. The summed E-state index contributed by atoms with van der Waals surface area (Å²) >= 11 is 0. The van der Waals surface area contributed by atoms with Gasteiger partial charge in [0.1, 0.15) is 5.82 Å². The molecule has 2 aromatic heterocycles. The largest absolute Gasteiger partial charge is 0.360 e. The van der Waals surface area contributed by atoms with Crippen LogP contribution >= 0.6 is 0 Å². The number of hydrogen-bond donors (Lipinski definition) is 0. The predicted octanol–water partition coefficient (Wildman–Crippen LogP) is 0.465. The van der Waals surface area contributed by atoms with Crippen molar-refractivity contribution in [2.45, 2.75) is 20.0 Å². The molecule has 0 N–H and O–H groups in total. The summed E-state index contributed by atoms with van der Waals surface area (Å²) in [5.41, 5.74) is 1.61. The van der Waals surface area contributed by atoms with Crippen LogP contribution in [0.4, 0.5) is 11.6 Å². The van der Waals surface area contributed by atoms with Crippen LogP contribution in [0.2, 0.25) is 0 Å². The first-order valence-electron chi connectivity index (χ1n) is 6.77. The lowest BCUT2D eigenvalue weighted by molar-refractivity contribution is 0.754. The van der Waals surface area contributed by atoms with Crippen molar-refractivity contribution in [1.82, 2.24) is 19.5 Å². The van der Waals surface area contributed by atoms with Crippen LogP contribution in [0.25, 0.3) is 0 Å². The van der Waals surface area contributed by atoms with E-state index in [-0.39, 0.29) is 5.56 Å². The average Bonchev–Trinajstić information content (AvgIpc) is 2.88. The summed E-state index contributed by atoms with van der Waals surface area (Å²) in [6.45, 7) is 2.96. The molecule has 0 amide bonds. The minimum atomic E-state index is 0.0234. The first-order valence-corrected chi connectivity index (χ1v) is 6.77. The Labute approximate surface area is 122 Å². The zero-order chi connectivity index (χ0) is 15.1. The topological polar surface area (TPSA) is 67.2 Å². The van der Waals surface area contributed by atoms with Gasteiger partial charge < -0.3 is 9.80 Å². The molecule has 0 aliphatic carbocycles. The molecule has 0 saturated heterocycles. The first-order chi connectivity index (χ1) is 9.99. The number of rotatable bonds is 2. The zero-order valence-electron chi connectivity index (χ0n) is 12.7. The fraction of sp³-hybridized carbons (Fsp3) is 0.429. The minimum Gasteiger partial charge on any atom is -0.360 e. The summed E-state index contributed by atoms with van der Waals surface area (Å²) in [4.78, 5) is 29.6. The fourth-order valence-corrected chi connectivity index (χ4v) is 2.54. The molecule has 7 heteroatoms. The van der Waals surface area contributed by atoms with Crippen molar-refractivity contribution in [3.63, 3.8) is 0 Å². The predicted molar refractivity (Wildman–Crippen MR) is 80.5 cm³/mol. The van der Waals surface area contributed by atoms with Crippen molar-refractivity contribution in [3.8, 4) is 0 Å². The number of anilines is 2. The maximum Gasteiger partial charge on any atom is 0.258 e. The Balaban J connectivity index is 2.03. The van der Waals surface area contributed by atoms with E-state index < -0.39 is 0 Å². The van der Waals surface area contributed by atoms with E-state index >= 15 is 0 Å². The van der Waals surface area contributed by atoms with Crippen LogP contribution in [0.1, 0.15) is 17.1 Å². The molecule has 110 valence electrons. The van der Waals surface area contributed by atoms with Crippen molar-refractivity contribution >= 4 is 11.6 Å². The number of nitrogens with zero attached hydrogens (tertiary/aromatic N) is 6. The van der Waals surface area contributed by atoms with Gasteiger partial charge in [0.2, 0.25) is 0 Å². The van der Waals surface area contributed by atoms with Crippen LogP contribution in [0.15, 0.2) is 17.2 Å². The van der Waals surface area contributed by atoms with E-state index in [9.17, 15) is 4.79 Å². The molecule has 0 saturated carbocycles. The second kappa shape index (κ2) is 4.83. The first kappa shape index (κ1) is 13.5. The highest BCUT2D eigenvalue weighted by atomic mass is 16.1. The maximum absolute atomic E-state index is 12.3. The summed E-state index contributed by atoms with van der Waals surface area (Å²) in [5, 5.41) is 0. The maximum atomic E-state index is 12.3. The Hall–Kier alpha value is -2.44. The average molecular weight is 286 g/mol. The van der Waals surface area contributed by atoms with E-state index in [2.05, 4.69) is 15.0 Å². The Bertz CT molecular complexity index is 752. The SMILES string of the molecule is Cc1nc2c(c(=O)n1C)CN(c1nccnc1N(C)C)C2. The second-order valence-corrected chi connectivity index (χ2v) is 5.40. The number of aromatic nitrogens is 4. The molecule has 0 atom stereocenters. The molecule has 0 unspecified atom stereocenters. The molecule has 3 rings (SSSR count). The number of hydrogen-bond acceptors (Lipinski definition) is 6. The highest BCUT2D eigenvalue weighted by Gasteiger charge is 2.27. The van der Waals surface area contributed by atoms with Crippen LogP contribution in [-0.4, -0.2) is 33.6 Å². The lowest BCUT2D eigenvalue weighted by Gasteiger charge is -2.21. The normalized spacial score (nSPS) is 13.4. The van der Waals surface area contributed by atoms with Gasteiger partial charge in [0.25, 0.3) is 5.56 Å². The summed E-state index contributed by atoms with van der Waals surface area (Å²) in [5.74, 6) is 2.30. The highest BCUT2D eigenvalue weighted by molar-refractivity contribution is 5.62. The lowest BCUT2D eigenvalue weighted by Crippen LogP contribution is -2.25. The minimum absolute atomic E-state index is 0.0234. The van der Waals surface area contributed by atoms with Gasteiger partial charge in [-0.1, -0.05) is 0 Å². The zero-order valence-corrected chi connectivity index (χ0v) is 12.7. The molecular formula is C14H18N6O. The molecule has 0 bridgehead atoms. The molecule has 0 radical (unpaired) electrons. The monoisotopic (exact) mass is 286 g/mol. The molecule has 0 fully saturated rings. The standard InChI is InChI=1S/C14H18N6O/c1-9-17-11-8-20(7-10(11)14(21)19(9)4)13-12(18(2)3)15-5-6-16-13/h5-6H,7-8H2,1-4H3. The molecule has 1 aliphatic heterocycles. The van der Waals surface area contributed by atoms with Crippen molar-refractivity contribution < 1.29 is 0 Å². The van der Waals surface area contributed by atoms with Crippen LogP contribution < -0.4 is 15.4 Å². The number of fused-ring (bicyclic) bond motifs is 1. The lowest BCUT2D eigenvalue weighted by atomic mass is 10.2. The third kappa shape index (κ3) is 2.14. The van der Waals surface area contributed by atoms with E-state index in [1.54, 1.807) is 24.0 Å². The second-order valence-electron chi connectivity index (χ2n) is 5.40. The molecular weight excluding hydrogens is 268 g/mol. The highest BCUT2D eigenvalue weighted by Crippen LogP contribution is 2.29. The smallest absolute Gasteiger partial charge is 0.258 e. The van der Waals surface area contributed by atoms with Gasteiger partial charge in [0.05, 0.1) is 24.3 Å². The molecule has 0 spiro atoms. The van der Waals surface area contributed by atoms with Gasteiger partial charge in [-0.25, -0.2) is 15.0 Å². The van der Waals surface area contributed by atoms with E-state index in [1.165, 1.54) is 0 Å². The van der Waals surface area contributed by atoms with Crippen molar-refractivity contribution in [3.05, 3.63) is 39.8 Å². The summed E-state index contributed by atoms with van der Waals surface area (Å²) in [6, 6.07) is 0. The van der Waals surface area contributed by atoms with E-state index in [4.69, 9.17) is 0 Å². The Kier molecular flexibility index (Phi) is 3.12. The molecule has 7 nitrogen and oxygen atoms in total. The van der Waals surface area contributed by atoms with E-state index in [0.717, 1.165) is 28.7 Å². The summed E-state index contributed by atoms with van der Waals surface area (Å²) < 4.78 is 1.59. The van der Waals surface area contributed by atoms with Crippen molar-refractivity contribution in [2.24, 2.45) is 7.05 Å². The van der Waals surface area contributed by atoms with Gasteiger partial charge in [0.15, 0.2) is 11.6 Å². The van der Waals surface area contributed by atoms with Gasteiger partial charge >= 0.3 is 0 Å². The molecule has 21 heavy (non-hydrogen) atoms. The van der Waals surface area contributed by atoms with Crippen molar-refractivity contribution in [1.29, 1.82) is 0 Å². The van der Waals surface area contributed by atoms with Gasteiger partial charge in [-0.3, -0.25) is 9.36 Å². The molecule has 1 aliphatic rings. The van der Waals surface area contributed by atoms with Gasteiger partial charge in [-0.05, 0) is 6.92 Å². The molecule has 2 aromatic rings. The Morgan fingerprint density at radius 3 is 2.62 bits per heavy atom. The van der Waals surface area contributed by atoms with E-state index in [1.807, 2.05) is 30.8 Å². The van der Waals surface area contributed by atoms with Crippen LogP contribution in [0, 0.1) is 6.92 Å². The van der Waals surface area contributed by atoms with Crippen molar-refractivity contribution in [2.75, 3.05) is 23.9 Å².